The van der Waals surface area contributed by atoms with Gasteiger partial charge in [0.25, 0.3) is 11.8 Å². The number of hydrogen-bond acceptors (Lipinski definition) is 7. The van der Waals surface area contributed by atoms with Crippen molar-refractivity contribution in [2.75, 3.05) is 39.3 Å². The Morgan fingerprint density at radius 1 is 1.06 bits per heavy atom. The van der Waals surface area contributed by atoms with Crippen molar-refractivity contribution in [3.63, 3.8) is 0 Å². The maximum absolute atomic E-state index is 12.6. The van der Waals surface area contributed by atoms with Gasteiger partial charge in [-0.3, -0.25) is 4.79 Å². The largest absolute Gasteiger partial charge is 0.351 e. The van der Waals surface area contributed by atoms with Crippen LogP contribution in [0.2, 0.25) is 0 Å². The number of amides is 1. The molecule has 8 heteroatoms. The Morgan fingerprint density at radius 2 is 1.83 bits per heavy atom. The lowest BCUT2D eigenvalue weighted by atomic mass is 10.00. The number of carbonyl (C=O) groups excluding carboxylic acids is 1. The molecule has 2 aliphatic heterocycles. The second kappa shape index (κ2) is 11.5. The van der Waals surface area contributed by atoms with Crippen molar-refractivity contribution in [3.8, 4) is 22.2 Å². The summed E-state index contributed by atoms with van der Waals surface area (Å²) in [5.41, 5.74) is 2.07. The van der Waals surface area contributed by atoms with Crippen LogP contribution in [0.25, 0.3) is 22.2 Å². The second-order valence-electron chi connectivity index (χ2n) is 9.73. The van der Waals surface area contributed by atoms with Gasteiger partial charge in [-0.2, -0.15) is 4.98 Å². The van der Waals surface area contributed by atoms with E-state index >= 15 is 0 Å². The molecule has 0 bridgehead atoms. The van der Waals surface area contributed by atoms with Crippen LogP contribution >= 0.6 is 11.3 Å². The Balaban J connectivity index is 1.04. The zero-order valence-corrected chi connectivity index (χ0v) is 21.4. The fourth-order valence-electron chi connectivity index (χ4n) is 5.10. The molecule has 2 fully saturated rings. The van der Waals surface area contributed by atoms with Crippen LogP contribution in [0.3, 0.4) is 0 Å². The third kappa shape index (κ3) is 6.18. The highest BCUT2D eigenvalue weighted by molar-refractivity contribution is 7.17. The van der Waals surface area contributed by atoms with E-state index in [0.717, 1.165) is 29.4 Å². The predicted octanol–water partition coefficient (Wildman–Crippen LogP) is 4.84. The van der Waals surface area contributed by atoms with Crippen LogP contribution in [0.4, 0.5) is 0 Å². The van der Waals surface area contributed by atoms with Gasteiger partial charge in [0.1, 0.15) is 0 Å². The Kier molecular flexibility index (Phi) is 7.91. The smallest absolute Gasteiger partial charge is 0.261 e. The maximum Gasteiger partial charge on any atom is 0.261 e. The summed E-state index contributed by atoms with van der Waals surface area (Å²) in [6, 6.07) is 12.5. The van der Waals surface area contributed by atoms with Gasteiger partial charge in [-0.25, -0.2) is 0 Å². The minimum Gasteiger partial charge on any atom is -0.351 e. The second-order valence-corrected chi connectivity index (χ2v) is 10.8. The summed E-state index contributed by atoms with van der Waals surface area (Å²) >= 11 is 1.39. The van der Waals surface area contributed by atoms with E-state index in [1.54, 1.807) is 0 Å². The molecule has 2 aromatic heterocycles. The molecule has 2 saturated heterocycles. The number of piperidine rings is 2. The molecule has 35 heavy (non-hydrogen) atoms. The zero-order chi connectivity index (χ0) is 24.0. The fourth-order valence-corrected chi connectivity index (χ4v) is 5.95. The molecule has 5 rings (SSSR count). The van der Waals surface area contributed by atoms with E-state index in [1.807, 2.05) is 43.3 Å². The van der Waals surface area contributed by atoms with E-state index in [0.29, 0.717) is 23.1 Å². The van der Waals surface area contributed by atoms with E-state index < -0.39 is 0 Å². The highest BCUT2D eigenvalue weighted by Crippen LogP contribution is 2.28. The summed E-state index contributed by atoms with van der Waals surface area (Å²) in [5, 5.41) is 7.18. The van der Waals surface area contributed by atoms with Gasteiger partial charge in [-0.1, -0.05) is 29.3 Å². The monoisotopic (exact) mass is 493 g/mol. The highest BCUT2D eigenvalue weighted by Gasteiger charge is 2.25. The zero-order valence-electron chi connectivity index (χ0n) is 20.5. The standard InChI is InChI=1S/C27H35N5O2S/c1-20-6-8-21(9-7-20)27-29-25(30-34-27)23-10-11-24(35-23)26(33)28-14-5-15-31-18-12-22(13-19-31)32-16-3-2-4-17-32/h6-11,22H,2-5,12-19H2,1H3,(H,28,33). The molecule has 0 atom stereocenters. The summed E-state index contributed by atoms with van der Waals surface area (Å²) in [6.07, 6.45) is 7.69. The van der Waals surface area contributed by atoms with Crippen LogP contribution in [0, 0.1) is 6.92 Å². The lowest BCUT2D eigenvalue weighted by Crippen LogP contribution is -2.47. The molecule has 0 radical (unpaired) electrons. The third-order valence-corrected chi connectivity index (χ3v) is 8.26. The van der Waals surface area contributed by atoms with Crippen molar-refractivity contribution in [2.45, 2.75) is 51.5 Å². The summed E-state index contributed by atoms with van der Waals surface area (Å²) in [5.74, 6) is 0.962. The highest BCUT2D eigenvalue weighted by atomic mass is 32.1. The Morgan fingerprint density at radius 3 is 2.60 bits per heavy atom. The Labute approximate surface area is 211 Å². The van der Waals surface area contributed by atoms with Gasteiger partial charge in [0.2, 0.25) is 5.82 Å². The average Bonchev–Trinajstić information content (AvgIpc) is 3.58. The van der Waals surface area contributed by atoms with E-state index in [9.17, 15) is 4.79 Å². The number of aromatic nitrogens is 2. The molecule has 4 heterocycles. The molecule has 1 N–H and O–H groups in total. The Hall–Kier alpha value is -2.55. The normalized spacial score (nSPS) is 18.1. The number of rotatable bonds is 8. The van der Waals surface area contributed by atoms with E-state index in [-0.39, 0.29) is 5.91 Å². The van der Waals surface area contributed by atoms with Crippen LogP contribution in [0.5, 0.6) is 0 Å². The molecular formula is C27H35N5O2S. The molecule has 1 aromatic carbocycles. The minimum absolute atomic E-state index is 0.0349. The van der Waals surface area contributed by atoms with Crippen LogP contribution in [0.1, 0.15) is 53.8 Å². The van der Waals surface area contributed by atoms with Crippen LogP contribution < -0.4 is 5.32 Å². The summed E-state index contributed by atoms with van der Waals surface area (Å²) in [6.45, 7) is 8.73. The van der Waals surface area contributed by atoms with Crippen molar-refractivity contribution in [1.29, 1.82) is 0 Å². The van der Waals surface area contributed by atoms with Crippen molar-refractivity contribution >= 4 is 17.2 Å². The molecule has 3 aromatic rings. The van der Waals surface area contributed by atoms with Crippen LogP contribution in [-0.2, 0) is 0 Å². The van der Waals surface area contributed by atoms with Gasteiger partial charge in [0, 0.05) is 18.2 Å². The van der Waals surface area contributed by atoms with Crippen molar-refractivity contribution in [3.05, 3.63) is 46.8 Å². The summed E-state index contributed by atoms with van der Waals surface area (Å²) in [4.78, 5) is 23.9. The van der Waals surface area contributed by atoms with Gasteiger partial charge in [0.05, 0.1) is 9.75 Å². The average molecular weight is 494 g/mol. The van der Waals surface area contributed by atoms with Crippen LogP contribution in [-0.4, -0.2) is 71.2 Å². The summed E-state index contributed by atoms with van der Waals surface area (Å²) < 4.78 is 5.43. The Bertz CT molecular complexity index is 1090. The number of thiophene rings is 1. The number of aryl methyl sites for hydroxylation is 1. The van der Waals surface area contributed by atoms with Crippen molar-refractivity contribution < 1.29 is 9.32 Å². The topological polar surface area (TPSA) is 74.5 Å². The molecule has 0 saturated carbocycles. The van der Waals surface area contributed by atoms with Gasteiger partial charge in [-0.15, -0.1) is 11.3 Å². The molecule has 186 valence electrons. The van der Waals surface area contributed by atoms with E-state index in [2.05, 4.69) is 25.3 Å². The quantitative estimate of drug-likeness (QED) is 0.453. The number of nitrogens with one attached hydrogen (secondary N) is 1. The summed E-state index contributed by atoms with van der Waals surface area (Å²) in [7, 11) is 0. The van der Waals surface area contributed by atoms with Gasteiger partial charge in [-0.05, 0) is 96.0 Å². The minimum atomic E-state index is -0.0349. The lowest BCUT2D eigenvalue weighted by molar-refractivity contribution is 0.0904. The van der Waals surface area contributed by atoms with E-state index in [1.165, 1.54) is 75.2 Å². The van der Waals surface area contributed by atoms with Crippen molar-refractivity contribution in [2.24, 2.45) is 0 Å². The first-order chi connectivity index (χ1) is 17.2. The fraction of sp³-hybridized carbons (Fsp3) is 0.519. The number of carbonyl (C=O) groups is 1. The number of likely N-dealkylation sites (tertiary alicyclic amines) is 2. The first-order valence-corrected chi connectivity index (χ1v) is 13.7. The third-order valence-electron chi connectivity index (χ3n) is 7.18. The molecule has 0 spiro atoms. The van der Waals surface area contributed by atoms with Crippen LogP contribution in [0.15, 0.2) is 40.9 Å². The van der Waals surface area contributed by atoms with Gasteiger partial charge < -0.3 is 19.6 Å². The molecule has 7 nitrogen and oxygen atoms in total. The van der Waals surface area contributed by atoms with E-state index in [4.69, 9.17) is 4.52 Å². The van der Waals surface area contributed by atoms with Gasteiger partial charge >= 0.3 is 0 Å². The molecule has 1 amide bonds. The van der Waals surface area contributed by atoms with Gasteiger partial charge in [0.15, 0.2) is 0 Å². The van der Waals surface area contributed by atoms with Crippen molar-refractivity contribution in [1.82, 2.24) is 25.3 Å². The lowest BCUT2D eigenvalue weighted by Gasteiger charge is -2.40. The number of hydrogen-bond donors (Lipinski definition) is 1. The predicted molar refractivity (Wildman–Crippen MR) is 140 cm³/mol. The number of nitrogens with zero attached hydrogens (tertiary/aromatic N) is 4. The molecule has 2 aliphatic rings. The number of benzene rings is 1. The SMILES string of the molecule is Cc1ccc(-c2nc(-c3ccc(C(=O)NCCCN4CCC(N5CCCCC5)CC4)s3)no2)cc1. The first-order valence-electron chi connectivity index (χ1n) is 12.9. The molecule has 0 aliphatic carbocycles. The molecule has 0 unspecified atom stereocenters. The maximum atomic E-state index is 12.6. The first kappa shape index (κ1) is 24.2. The molecular weight excluding hydrogens is 458 g/mol.